The standard InChI is InChI=1S/C15H21N3O/c1-5-17-13-7-14(9-16-8-13)18-11(3)15-6-10(2)19-12(15)4/h6-9,11,17-18H,5H2,1-4H3. The summed E-state index contributed by atoms with van der Waals surface area (Å²) in [5.41, 5.74) is 3.22. The number of nitrogens with one attached hydrogen (secondary N) is 2. The lowest BCUT2D eigenvalue weighted by atomic mass is 10.1. The van der Waals surface area contributed by atoms with Crippen molar-refractivity contribution in [2.24, 2.45) is 0 Å². The second-order valence-electron chi connectivity index (χ2n) is 4.73. The van der Waals surface area contributed by atoms with E-state index in [4.69, 9.17) is 4.42 Å². The summed E-state index contributed by atoms with van der Waals surface area (Å²) >= 11 is 0. The van der Waals surface area contributed by atoms with Gasteiger partial charge in [-0.05, 0) is 39.8 Å². The van der Waals surface area contributed by atoms with E-state index in [9.17, 15) is 0 Å². The zero-order chi connectivity index (χ0) is 13.8. The van der Waals surface area contributed by atoms with E-state index >= 15 is 0 Å². The lowest BCUT2D eigenvalue weighted by molar-refractivity contribution is 0.500. The Morgan fingerprint density at radius 1 is 1.21 bits per heavy atom. The molecular formula is C15H21N3O. The molecule has 0 radical (unpaired) electrons. The molecule has 102 valence electrons. The van der Waals surface area contributed by atoms with Crippen LogP contribution in [-0.4, -0.2) is 11.5 Å². The van der Waals surface area contributed by atoms with Crippen molar-refractivity contribution in [1.82, 2.24) is 4.98 Å². The summed E-state index contributed by atoms with van der Waals surface area (Å²) in [4.78, 5) is 4.23. The van der Waals surface area contributed by atoms with Crippen LogP contribution in [0.1, 0.15) is 37.0 Å². The van der Waals surface area contributed by atoms with E-state index in [1.807, 2.05) is 26.2 Å². The predicted octanol–water partition coefficient (Wildman–Crippen LogP) is 3.90. The molecular weight excluding hydrogens is 238 g/mol. The molecule has 2 N–H and O–H groups in total. The fourth-order valence-electron chi connectivity index (χ4n) is 2.23. The van der Waals surface area contributed by atoms with Crippen molar-refractivity contribution in [1.29, 1.82) is 0 Å². The molecule has 0 aliphatic heterocycles. The predicted molar refractivity (Wildman–Crippen MR) is 78.6 cm³/mol. The second kappa shape index (κ2) is 5.78. The first-order chi connectivity index (χ1) is 9.10. The molecule has 0 spiro atoms. The van der Waals surface area contributed by atoms with Crippen LogP contribution in [-0.2, 0) is 0 Å². The van der Waals surface area contributed by atoms with Crippen LogP contribution in [0, 0.1) is 13.8 Å². The number of nitrogens with zero attached hydrogens (tertiary/aromatic N) is 1. The molecule has 0 saturated carbocycles. The van der Waals surface area contributed by atoms with E-state index in [0.29, 0.717) is 0 Å². The average Bonchev–Trinajstić information content (AvgIpc) is 2.69. The molecule has 4 heteroatoms. The van der Waals surface area contributed by atoms with Crippen LogP contribution in [0.5, 0.6) is 0 Å². The maximum Gasteiger partial charge on any atom is 0.106 e. The number of furan rings is 1. The molecule has 2 heterocycles. The monoisotopic (exact) mass is 259 g/mol. The van der Waals surface area contributed by atoms with Crippen LogP contribution in [0.3, 0.4) is 0 Å². The number of hydrogen-bond donors (Lipinski definition) is 2. The van der Waals surface area contributed by atoms with Crippen LogP contribution >= 0.6 is 0 Å². The van der Waals surface area contributed by atoms with Crippen LogP contribution in [0.2, 0.25) is 0 Å². The van der Waals surface area contributed by atoms with Crippen LogP contribution in [0.15, 0.2) is 28.9 Å². The minimum Gasteiger partial charge on any atom is -0.466 e. The van der Waals surface area contributed by atoms with E-state index < -0.39 is 0 Å². The van der Waals surface area contributed by atoms with Gasteiger partial charge in [0.05, 0.1) is 29.8 Å². The van der Waals surface area contributed by atoms with Gasteiger partial charge < -0.3 is 15.1 Å². The molecule has 19 heavy (non-hydrogen) atoms. The van der Waals surface area contributed by atoms with Crippen molar-refractivity contribution in [3.8, 4) is 0 Å². The molecule has 0 aliphatic carbocycles. The average molecular weight is 259 g/mol. The molecule has 1 atom stereocenters. The summed E-state index contributed by atoms with van der Waals surface area (Å²) in [6.45, 7) is 9.04. The fourth-order valence-corrected chi connectivity index (χ4v) is 2.23. The van der Waals surface area contributed by atoms with Crippen molar-refractivity contribution in [3.63, 3.8) is 0 Å². The highest BCUT2D eigenvalue weighted by atomic mass is 16.3. The third-order valence-corrected chi connectivity index (χ3v) is 3.05. The highest BCUT2D eigenvalue weighted by molar-refractivity contribution is 5.54. The van der Waals surface area contributed by atoms with E-state index in [-0.39, 0.29) is 6.04 Å². The zero-order valence-corrected chi connectivity index (χ0v) is 11.9. The van der Waals surface area contributed by atoms with E-state index in [0.717, 1.165) is 29.4 Å². The maximum atomic E-state index is 5.57. The van der Waals surface area contributed by atoms with E-state index in [1.165, 1.54) is 5.56 Å². The Kier molecular flexibility index (Phi) is 4.10. The lowest BCUT2D eigenvalue weighted by Crippen LogP contribution is -2.07. The lowest BCUT2D eigenvalue weighted by Gasteiger charge is -2.15. The molecule has 0 aromatic carbocycles. The van der Waals surface area contributed by atoms with Gasteiger partial charge >= 0.3 is 0 Å². The van der Waals surface area contributed by atoms with Crippen LogP contribution in [0.25, 0.3) is 0 Å². The van der Waals surface area contributed by atoms with Gasteiger partial charge in [-0.25, -0.2) is 0 Å². The Morgan fingerprint density at radius 3 is 2.58 bits per heavy atom. The zero-order valence-electron chi connectivity index (χ0n) is 11.9. The highest BCUT2D eigenvalue weighted by Crippen LogP contribution is 2.25. The van der Waals surface area contributed by atoms with Gasteiger partial charge in [-0.2, -0.15) is 0 Å². The molecule has 2 aromatic heterocycles. The normalized spacial score (nSPS) is 12.2. The van der Waals surface area contributed by atoms with Gasteiger partial charge in [0.15, 0.2) is 0 Å². The number of aryl methyl sites for hydroxylation is 2. The van der Waals surface area contributed by atoms with Crippen LogP contribution < -0.4 is 10.6 Å². The molecule has 4 nitrogen and oxygen atoms in total. The Labute approximate surface area is 114 Å². The minimum absolute atomic E-state index is 0.191. The van der Waals surface area contributed by atoms with Crippen molar-refractivity contribution in [3.05, 3.63) is 41.6 Å². The number of rotatable bonds is 5. The summed E-state index contributed by atoms with van der Waals surface area (Å²) in [6.07, 6.45) is 3.66. The number of hydrogen-bond acceptors (Lipinski definition) is 4. The van der Waals surface area contributed by atoms with Crippen molar-refractivity contribution in [2.45, 2.75) is 33.7 Å². The summed E-state index contributed by atoms with van der Waals surface area (Å²) in [6, 6.07) is 4.33. The smallest absolute Gasteiger partial charge is 0.106 e. The van der Waals surface area contributed by atoms with E-state index in [2.05, 4.69) is 41.6 Å². The van der Waals surface area contributed by atoms with E-state index in [1.54, 1.807) is 0 Å². The number of aromatic nitrogens is 1. The maximum absolute atomic E-state index is 5.57. The van der Waals surface area contributed by atoms with Crippen molar-refractivity contribution >= 4 is 11.4 Å². The first-order valence-electron chi connectivity index (χ1n) is 6.62. The number of pyridine rings is 1. The second-order valence-corrected chi connectivity index (χ2v) is 4.73. The third kappa shape index (κ3) is 3.28. The van der Waals surface area contributed by atoms with Gasteiger partial charge in [0.2, 0.25) is 0 Å². The third-order valence-electron chi connectivity index (χ3n) is 3.05. The van der Waals surface area contributed by atoms with Gasteiger partial charge in [-0.3, -0.25) is 4.98 Å². The fraction of sp³-hybridized carbons (Fsp3) is 0.400. The first kappa shape index (κ1) is 13.5. The van der Waals surface area contributed by atoms with Crippen molar-refractivity contribution in [2.75, 3.05) is 17.2 Å². The first-order valence-corrected chi connectivity index (χ1v) is 6.62. The molecule has 0 bridgehead atoms. The molecule has 0 saturated heterocycles. The Balaban J connectivity index is 2.12. The highest BCUT2D eigenvalue weighted by Gasteiger charge is 2.12. The molecule has 0 fully saturated rings. The summed E-state index contributed by atoms with van der Waals surface area (Å²) in [5.74, 6) is 1.91. The van der Waals surface area contributed by atoms with Gasteiger partial charge in [0.1, 0.15) is 11.5 Å². The SMILES string of the molecule is CCNc1cncc(NC(C)c2cc(C)oc2C)c1. The minimum atomic E-state index is 0.191. The molecule has 0 aliphatic rings. The summed E-state index contributed by atoms with van der Waals surface area (Å²) in [7, 11) is 0. The van der Waals surface area contributed by atoms with Gasteiger partial charge in [0, 0.05) is 12.1 Å². The largest absolute Gasteiger partial charge is 0.466 e. The summed E-state index contributed by atoms with van der Waals surface area (Å²) < 4.78 is 5.57. The molecule has 2 aromatic rings. The topological polar surface area (TPSA) is 50.1 Å². The Bertz CT molecular complexity index is 548. The Hall–Kier alpha value is -1.97. The Morgan fingerprint density at radius 2 is 1.95 bits per heavy atom. The van der Waals surface area contributed by atoms with Crippen LogP contribution in [0.4, 0.5) is 11.4 Å². The quantitative estimate of drug-likeness (QED) is 0.855. The molecule has 1 unspecified atom stereocenters. The molecule has 0 amide bonds. The van der Waals surface area contributed by atoms with Gasteiger partial charge in [0.25, 0.3) is 0 Å². The summed E-state index contributed by atoms with van der Waals surface area (Å²) in [5, 5.41) is 6.70. The van der Waals surface area contributed by atoms with Crippen molar-refractivity contribution < 1.29 is 4.42 Å². The molecule has 2 rings (SSSR count). The van der Waals surface area contributed by atoms with Gasteiger partial charge in [-0.15, -0.1) is 0 Å². The van der Waals surface area contributed by atoms with Gasteiger partial charge in [-0.1, -0.05) is 0 Å². The number of anilines is 2.